The van der Waals surface area contributed by atoms with Gasteiger partial charge < -0.3 is 15.5 Å². The summed E-state index contributed by atoms with van der Waals surface area (Å²) in [7, 11) is 0. The molecule has 1 saturated carbocycles. The van der Waals surface area contributed by atoms with Crippen molar-refractivity contribution in [2.24, 2.45) is 11.7 Å². The molecule has 5 amide bonds. The predicted molar refractivity (Wildman–Crippen MR) is 120 cm³/mol. The van der Waals surface area contributed by atoms with Crippen molar-refractivity contribution < 1.29 is 23.6 Å². The number of carbonyl (C=O) groups excluding carboxylic acids is 4. The fourth-order valence-electron chi connectivity index (χ4n) is 4.17. The molecule has 4 rings (SSSR count). The van der Waals surface area contributed by atoms with E-state index < -0.39 is 29.3 Å². The quantitative estimate of drug-likeness (QED) is 0.346. The van der Waals surface area contributed by atoms with Gasteiger partial charge in [-0.1, -0.05) is 18.7 Å². The van der Waals surface area contributed by atoms with E-state index in [-0.39, 0.29) is 12.2 Å². The molecule has 12 nitrogen and oxygen atoms in total. The largest absolute Gasteiger partial charge is 0.467 e. The molecular formula is C21H27N7O5S. The number of furan rings is 1. The van der Waals surface area contributed by atoms with Crippen molar-refractivity contribution in [3.05, 3.63) is 30.0 Å². The van der Waals surface area contributed by atoms with Crippen LogP contribution in [0.25, 0.3) is 0 Å². The number of hydrogen-bond acceptors (Lipinski definition) is 8. The van der Waals surface area contributed by atoms with Crippen LogP contribution >= 0.6 is 11.8 Å². The molecule has 182 valence electrons. The third kappa shape index (κ3) is 5.08. The van der Waals surface area contributed by atoms with Crippen LogP contribution in [0, 0.1) is 5.92 Å². The van der Waals surface area contributed by atoms with Crippen molar-refractivity contribution in [2.45, 2.75) is 62.7 Å². The minimum atomic E-state index is -0.928. The summed E-state index contributed by atoms with van der Waals surface area (Å²) < 4.78 is 7.14. The Kier molecular flexibility index (Phi) is 6.91. The number of hydrazine groups is 1. The van der Waals surface area contributed by atoms with Gasteiger partial charge in [0.2, 0.25) is 11.8 Å². The maximum absolute atomic E-state index is 12.9. The molecule has 2 aromatic rings. The number of aromatic nitrogens is 3. The molecule has 3 heterocycles. The number of nitrogens with zero attached hydrogens (tertiary/aromatic N) is 4. The van der Waals surface area contributed by atoms with Crippen LogP contribution < -0.4 is 16.5 Å². The lowest BCUT2D eigenvalue weighted by molar-refractivity contribution is -0.139. The SMILES string of the molecule is CC1CCC2(CC1)NC(=O)N(NC(=O)CSc1nnc(CCC(N)=O)n1Cc1ccco1)C2=O. The van der Waals surface area contributed by atoms with E-state index in [2.05, 4.69) is 27.9 Å². The second kappa shape index (κ2) is 9.87. The van der Waals surface area contributed by atoms with Gasteiger partial charge in [-0.05, 0) is 43.7 Å². The van der Waals surface area contributed by atoms with E-state index in [1.807, 2.05) is 0 Å². The number of amides is 5. The summed E-state index contributed by atoms with van der Waals surface area (Å²) in [5, 5.41) is 12.2. The highest BCUT2D eigenvalue weighted by atomic mass is 32.2. The molecule has 2 aromatic heterocycles. The van der Waals surface area contributed by atoms with Gasteiger partial charge in [-0.15, -0.1) is 10.2 Å². The highest BCUT2D eigenvalue weighted by Gasteiger charge is 2.52. The average Bonchev–Trinajstić information content (AvgIpc) is 3.50. The number of urea groups is 1. The van der Waals surface area contributed by atoms with Gasteiger partial charge in [-0.2, -0.15) is 5.01 Å². The van der Waals surface area contributed by atoms with Crippen LogP contribution in [0.2, 0.25) is 0 Å². The summed E-state index contributed by atoms with van der Waals surface area (Å²) in [6.07, 6.45) is 4.74. The number of imide groups is 1. The third-order valence-corrected chi connectivity index (χ3v) is 7.11. The Balaban J connectivity index is 1.39. The monoisotopic (exact) mass is 489 g/mol. The zero-order chi connectivity index (χ0) is 24.3. The van der Waals surface area contributed by atoms with E-state index in [0.29, 0.717) is 48.5 Å². The highest BCUT2D eigenvalue weighted by Crippen LogP contribution is 2.35. The summed E-state index contributed by atoms with van der Waals surface area (Å²) >= 11 is 1.10. The number of nitrogens with two attached hydrogens (primary N) is 1. The molecule has 1 aliphatic heterocycles. The zero-order valence-electron chi connectivity index (χ0n) is 18.8. The smallest absolute Gasteiger partial charge is 0.344 e. The van der Waals surface area contributed by atoms with Gasteiger partial charge in [0.1, 0.15) is 17.1 Å². The number of primary amides is 1. The van der Waals surface area contributed by atoms with Crippen molar-refractivity contribution in [1.29, 1.82) is 0 Å². The van der Waals surface area contributed by atoms with Crippen molar-refractivity contribution in [3.63, 3.8) is 0 Å². The molecule has 13 heteroatoms. The molecule has 2 fully saturated rings. The third-order valence-electron chi connectivity index (χ3n) is 6.14. The van der Waals surface area contributed by atoms with Crippen LogP contribution in [0.15, 0.2) is 28.0 Å². The van der Waals surface area contributed by atoms with Gasteiger partial charge in [0, 0.05) is 12.8 Å². The predicted octanol–water partition coefficient (Wildman–Crippen LogP) is 0.961. The van der Waals surface area contributed by atoms with Gasteiger partial charge in [0.05, 0.1) is 18.6 Å². The standard InChI is InChI=1S/C21H27N7O5S/c1-13-6-8-21(9-7-13)18(31)28(19(32)23-21)26-17(30)12-34-20-25-24-16(5-4-15(22)29)27(20)11-14-3-2-10-33-14/h2-3,10,13H,4-9,11-12H2,1H3,(H2,22,29)(H,23,32)(H,26,30). The zero-order valence-corrected chi connectivity index (χ0v) is 19.6. The summed E-state index contributed by atoms with van der Waals surface area (Å²) in [5.74, 6) is 0.173. The summed E-state index contributed by atoms with van der Waals surface area (Å²) in [5.41, 5.74) is 6.74. The van der Waals surface area contributed by atoms with Crippen LogP contribution in [0.1, 0.15) is 50.6 Å². The summed E-state index contributed by atoms with van der Waals surface area (Å²) in [6.45, 7) is 2.43. The van der Waals surface area contributed by atoms with Gasteiger partial charge in [-0.3, -0.25) is 24.4 Å². The number of aryl methyl sites for hydroxylation is 1. The average molecular weight is 490 g/mol. The molecule has 1 saturated heterocycles. The number of carbonyl (C=O) groups is 4. The number of rotatable bonds is 9. The van der Waals surface area contributed by atoms with Crippen molar-refractivity contribution in [2.75, 3.05) is 5.75 Å². The Morgan fingerprint density at radius 2 is 2.09 bits per heavy atom. The fourth-order valence-corrected chi connectivity index (χ4v) is 4.91. The van der Waals surface area contributed by atoms with Crippen LogP contribution in [-0.4, -0.2) is 54.8 Å². The van der Waals surface area contributed by atoms with E-state index in [9.17, 15) is 19.2 Å². The van der Waals surface area contributed by atoms with Gasteiger partial charge >= 0.3 is 6.03 Å². The Hall–Kier alpha value is -3.35. The van der Waals surface area contributed by atoms with E-state index in [1.165, 1.54) is 0 Å². The molecule has 0 aromatic carbocycles. The van der Waals surface area contributed by atoms with Crippen molar-refractivity contribution in [3.8, 4) is 0 Å². The number of thioether (sulfide) groups is 1. The molecule has 0 unspecified atom stereocenters. The van der Waals surface area contributed by atoms with Crippen LogP contribution in [0.3, 0.4) is 0 Å². The first kappa shape index (κ1) is 23.8. The molecule has 0 atom stereocenters. The topological polar surface area (TPSA) is 165 Å². The molecule has 0 bridgehead atoms. The van der Waals surface area contributed by atoms with Crippen LogP contribution in [-0.2, 0) is 27.3 Å². The van der Waals surface area contributed by atoms with Gasteiger partial charge in [0.25, 0.3) is 5.91 Å². The van der Waals surface area contributed by atoms with E-state index in [4.69, 9.17) is 10.2 Å². The molecule has 34 heavy (non-hydrogen) atoms. The van der Waals surface area contributed by atoms with E-state index in [1.54, 1.807) is 23.0 Å². The lowest BCUT2D eigenvalue weighted by atomic mass is 9.77. The first-order chi connectivity index (χ1) is 16.3. The molecule has 2 aliphatic rings. The minimum Gasteiger partial charge on any atom is -0.467 e. The van der Waals surface area contributed by atoms with E-state index in [0.717, 1.165) is 29.6 Å². The first-order valence-electron chi connectivity index (χ1n) is 11.1. The lowest BCUT2D eigenvalue weighted by Crippen LogP contribution is -2.51. The maximum Gasteiger partial charge on any atom is 0.344 e. The van der Waals surface area contributed by atoms with E-state index >= 15 is 0 Å². The second-order valence-corrected chi connectivity index (χ2v) is 9.63. The Bertz CT molecular complexity index is 1080. The number of hydrogen-bond donors (Lipinski definition) is 3. The lowest BCUT2D eigenvalue weighted by Gasteiger charge is -2.33. The second-order valence-electron chi connectivity index (χ2n) is 8.69. The normalized spacial score (nSPS) is 22.3. The molecule has 4 N–H and O–H groups in total. The molecule has 1 spiro atoms. The minimum absolute atomic E-state index is 0.104. The first-order valence-corrected chi connectivity index (χ1v) is 12.1. The molecular weight excluding hydrogens is 462 g/mol. The Morgan fingerprint density at radius 3 is 2.76 bits per heavy atom. The Labute approximate surface area is 200 Å². The summed E-state index contributed by atoms with van der Waals surface area (Å²) in [4.78, 5) is 49.1. The Morgan fingerprint density at radius 1 is 1.32 bits per heavy atom. The van der Waals surface area contributed by atoms with Crippen LogP contribution in [0.4, 0.5) is 4.79 Å². The maximum atomic E-state index is 12.9. The highest BCUT2D eigenvalue weighted by molar-refractivity contribution is 7.99. The van der Waals surface area contributed by atoms with Gasteiger partial charge in [0.15, 0.2) is 5.16 Å². The van der Waals surface area contributed by atoms with Crippen molar-refractivity contribution in [1.82, 2.24) is 30.5 Å². The molecule has 0 radical (unpaired) electrons. The number of nitrogens with one attached hydrogen (secondary N) is 2. The molecule has 1 aliphatic carbocycles. The van der Waals surface area contributed by atoms with Gasteiger partial charge in [-0.25, -0.2) is 4.79 Å². The van der Waals surface area contributed by atoms with Crippen molar-refractivity contribution >= 4 is 35.5 Å². The van der Waals surface area contributed by atoms with Crippen LogP contribution in [0.5, 0.6) is 0 Å². The summed E-state index contributed by atoms with van der Waals surface area (Å²) in [6, 6.07) is 2.92. The fraction of sp³-hybridized carbons (Fsp3) is 0.524.